The lowest BCUT2D eigenvalue weighted by Gasteiger charge is -2.44. The number of aromatic amines is 1. The molecule has 9 heteroatoms. The van der Waals surface area contributed by atoms with Crippen LogP contribution in [0, 0.1) is 6.92 Å². The van der Waals surface area contributed by atoms with Crippen LogP contribution in [0.4, 0.5) is 5.82 Å². The van der Waals surface area contributed by atoms with Gasteiger partial charge in [-0.15, -0.1) is 15.3 Å². The predicted octanol–water partition coefficient (Wildman–Crippen LogP) is 0.117. The first-order chi connectivity index (χ1) is 11.1. The molecule has 0 unspecified atom stereocenters. The number of hydrogen-bond donors (Lipinski definition) is 1. The first-order valence-electron chi connectivity index (χ1n) is 7.33. The van der Waals surface area contributed by atoms with Gasteiger partial charge in [0.15, 0.2) is 5.65 Å². The van der Waals surface area contributed by atoms with E-state index in [9.17, 15) is 4.79 Å². The fourth-order valence-corrected chi connectivity index (χ4v) is 2.65. The second-order valence-electron chi connectivity index (χ2n) is 5.74. The summed E-state index contributed by atoms with van der Waals surface area (Å²) in [5.41, 5.74) is 2.04. The average Bonchev–Trinajstić information content (AvgIpc) is 3.13. The molecule has 4 heterocycles. The highest BCUT2D eigenvalue weighted by atomic mass is 16.2. The van der Waals surface area contributed by atoms with Crippen LogP contribution < -0.4 is 4.90 Å². The summed E-state index contributed by atoms with van der Waals surface area (Å²) in [6, 6.07) is 5.71. The van der Waals surface area contributed by atoms with Gasteiger partial charge in [-0.25, -0.2) is 0 Å². The summed E-state index contributed by atoms with van der Waals surface area (Å²) >= 11 is 0. The summed E-state index contributed by atoms with van der Waals surface area (Å²) < 4.78 is 1.64. The van der Waals surface area contributed by atoms with E-state index in [1.165, 1.54) is 0 Å². The van der Waals surface area contributed by atoms with Crippen LogP contribution in [0.5, 0.6) is 0 Å². The third-order valence-corrected chi connectivity index (χ3v) is 4.13. The van der Waals surface area contributed by atoms with Gasteiger partial charge in [0.25, 0.3) is 5.91 Å². The fourth-order valence-electron chi connectivity index (χ4n) is 2.65. The van der Waals surface area contributed by atoms with Gasteiger partial charge in [0.2, 0.25) is 0 Å². The summed E-state index contributed by atoms with van der Waals surface area (Å²) in [5, 5.41) is 19.0. The van der Waals surface area contributed by atoms with Gasteiger partial charge < -0.3 is 9.80 Å². The molecule has 1 fully saturated rings. The molecule has 3 aromatic rings. The lowest BCUT2D eigenvalue weighted by molar-refractivity contribution is 0.0699. The van der Waals surface area contributed by atoms with Crippen LogP contribution in [0.15, 0.2) is 24.5 Å². The van der Waals surface area contributed by atoms with Crippen LogP contribution in [-0.2, 0) is 0 Å². The van der Waals surface area contributed by atoms with E-state index in [1.807, 2.05) is 26.1 Å². The Morgan fingerprint density at radius 1 is 1.39 bits per heavy atom. The molecule has 9 nitrogen and oxygen atoms in total. The molecule has 3 aromatic heterocycles. The van der Waals surface area contributed by atoms with Crippen LogP contribution >= 0.6 is 0 Å². The monoisotopic (exact) mass is 312 g/mol. The van der Waals surface area contributed by atoms with Gasteiger partial charge in [0, 0.05) is 25.8 Å². The molecule has 1 saturated heterocycles. The molecule has 0 radical (unpaired) electrons. The number of nitrogens with zero attached hydrogens (tertiary/aromatic N) is 7. The Hall–Kier alpha value is -2.97. The molecule has 1 aliphatic heterocycles. The number of carbonyl (C=O) groups excluding carboxylic acids is 1. The van der Waals surface area contributed by atoms with Gasteiger partial charge >= 0.3 is 0 Å². The van der Waals surface area contributed by atoms with Crippen LogP contribution in [0.3, 0.4) is 0 Å². The van der Waals surface area contributed by atoms with E-state index in [-0.39, 0.29) is 11.9 Å². The summed E-state index contributed by atoms with van der Waals surface area (Å²) in [6.45, 7) is 3.36. The van der Waals surface area contributed by atoms with Crippen molar-refractivity contribution in [1.29, 1.82) is 0 Å². The standard InChI is InChI=1S/C14H16N8O/c1-9-5-11(17-16-9)14(23)20(2)10-6-21(7-10)13-4-3-12-18-15-8-22(12)19-13/h3-5,8,10H,6-7H2,1-2H3,(H,16,17). The van der Waals surface area contributed by atoms with Crippen molar-refractivity contribution in [3.63, 3.8) is 0 Å². The minimum atomic E-state index is -0.0683. The van der Waals surface area contributed by atoms with Crippen molar-refractivity contribution in [2.75, 3.05) is 25.0 Å². The summed E-state index contributed by atoms with van der Waals surface area (Å²) in [6.07, 6.45) is 1.58. The smallest absolute Gasteiger partial charge is 0.274 e. The van der Waals surface area contributed by atoms with E-state index >= 15 is 0 Å². The van der Waals surface area contributed by atoms with Gasteiger partial charge in [-0.1, -0.05) is 0 Å². The zero-order valence-corrected chi connectivity index (χ0v) is 12.8. The third kappa shape index (κ3) is 2.30. The Bertz CT molecular complexity index is 862. The number of H-pyrrole nitrogens is 1. The van der Waals surface area contributed by atoms with E-state index in [1.54, 1.807) is 21.8 Å². The number of aryl methyl sites for hydroxylation is 1. The molecule has 0 saturated carbocycles. The number of likely N-dealkylation sites (N-methyl/N-ethyl adjacent to an activating group) is 1. The van der Waals surface area contributed by atoms with E-state index in [4.69, 9.17) is 0 Å². The zero-order chi connectivity index (χ0) is 16.0. The maximum Gasteiger partial charge on any atom is 0.274 e. The van der Waals surface area contributed by atoms with Crippen LogP contribution in [0.2, 0.25) is 0 Å². The van der Waals surface area contributed by atoms with E-state index in [0.29, 0.717) is 11.3 Å². The quantitative estimate of drug-likeness (QED) is 0.738. The minimum absolute atomic E-state index is 0.0683. The highest BCUT2D eigenvalue weighted by molar-refractivity contribution is 5.92. The molecule has 1 aliphatic rings. The number of rotatable bonds is 3. The van der Waals surface area contributed by atoms with Gasteiger partial charge in [-0.3, -0.25) is 9.89 Å². The number of anilines is 1. The van der Waals surface area contributed by atoms with Crippen molar-refractivity contribution >= 4 is 17.4 Å². The van der Waals surface area contributed by atoms with Crippen molar-refractivity contribution in [3.8, 4) is 0 Å². The van der Waals surface area contributed by atoms with Crippen molar-refractivity contribution in [1.82, 2.24) is 34.9 Å². The number of hydrogen-bond acceptors (Lipinski definition) is 6. The number of aromatic nitrogens is 6. The maximum atomic E-state index is 12.4. The first-order valence-corrected chi connectivity index (χ1v) is 7.33. The molecule has 0 atom stereocenters. The zero-order valence-electron chi connectivity index (χ0n) is 12.8. The van der Waals surface area contributed by atoms with Gasteiger partial charge in [-0.2, -0.15) is 9.61 Å². The maximum absolute atomic E-state index is 12.4. The Morgan fingerprint density at radius 3 is 2.96 bits per heavy atom. The summed E-state index contributed by atoms with van der Waals surface area (Å²) in [4.78, 5) is 16.2. The Kier molecular flexibility index (Phi) is 3.00. The molecular weight excluding hydrogens is 296 g/mol. The van der Waals surface area contributed by atoms with Crippen molar-refractivity contribution in [3.05, 3.63) is 35.9 Å². The van der Waals surface area contributed by atoms with Gasteiger partial charge in [0.1, 0.15) is 17.8 Å². The van der Waals surface area contributed by atoms with E-state index in [0.717, 1.165) is 24.6 Å². The molecular formula is C14H16N8O. The molecule has 0 aliphatic carbocycles. The van der Waals surface area contributed by atoms with Crippen LogP contribution in [0.25, 0.3) is 5.65 Å². The number of nitrogens with one attached hydrogen (secondary N) is 1. The third-order valence-electron chi connectivity index (χ3n) is 4.13. The second-order valence-corrected chi connectivity index (χ2v) is 5.74. The van der Waals surface area contributed by atoms with Gasteiger partial charge in [0.05, 0.1) is 6.04 Å². The fraction of sp³-hybridized carbons (Fsp3) is 0.357. The largest absolute Gasteiger partial charge is 0.351 e. The second kappa shape index (κ2) is 5.04. The van der Waals surface area contributed by atoms with Gasteiger partial charge in [-0.05, 0) is 25.1 Å². The molecule has 0 spiro atoms. The average molecular weight is 312 g/mol. The Morgan fingerprint density at radius 2 is 2.22 bits per heavy atom. The first kappa shape index (κ1) is 13.7. The topological polar surface area (TPSA) is 95.3 Å². The SMILES string of the molecule is Cc1cc(C(=O)N(C)C2CN(c3ccc4nncn4n3)C2)n[nH]1. The summed E-state index contributed by atoms with van der Waals surface area (Å²) in [5.74, 6) is 0.784. The van der Waals surface area contributed by atoms with Crippen molar-refractivity contribution in [2.45, 2.75) is 13.0 Å². The summed E-state index contributed by atoms with van der Waals surface area (Å²) in [7, 11) is 1.81. The number of amides is 1. The normalized spacial score (nSPS) is 15.0. The molecule has 23 heavy (non-hydrogen) atoms. The lowest BCUT2D eigenvalue weighted by atomic mass is 10.1. The highest BCUT2D eigenvalue weighted by Gasteiger charge is 2.34. The van der Waals surface area contributed by atoms with E-state index in [2.05, 4.69) is 30.4 Å². The molecule has 0 aromatic carbocycles. The Balaban J connectivity index is 1.43. The lowest BCUT2D eigenvalue weighted by Crippen LogP contribution is -2.60. The molecule has 0 bridgehead atoms. The van der Waals surface area contributed by atoms with Crippen molar-refractivity contribution < 1.29 is 4.79 Å². The van der Waals surface area contributed by atoms with Crippen LogP contribution in [-0.4, -0.2) is 67.0 Å². The number of carbonyl (C=O) groups is 1. The van der Waals surface area contributed by atoms with Crippen LogP contribution in [0.1, 0.15) is 16.2 Å². The van der Waals surface area contributed by atoms with E-state index < -0.39 is 0 Å². The minimum Gasteiger partial charge on any atom is -0.351 e. The highest BCUT2D eigenvalue weighted by Crippen LogP contribution is 2.22. The Labute approximate surface area is 131 Å². The van der Waals surface area contributed by atoms with Crippen molar-refractivity contribution in [2.24, 2.45) is 0 Å². The molecule has 4 rings (SSSR count). The number of fused-ring (bicyclic) bond motifs is 1. The molecule has 118 valence electrons. The molecule has 1 amide bonds. The predicted molar refractivity (Wildman–Crippen MR) is 82.2 cm³/mol. The molecule has 1 N–H and O–H groups in total.